The molecule has 0 atom stereocenters. The third-order valence-electron chi connectivity index (χ3n) is 4.19. The molecular weight excluding hydrogens is 320 g/mol. The molecule has 0 nitrogen and oxygen atoms in total. The molecule has 4 rings (SSSR count). The number of allylic oxidation sites excluding steroid dienone is 1. The molecule has 23 heavy (non-hydrogen) atoms. The van der Waals surface area contributed by atoms with Crippen LogP contribution in [0.5, 0.6) is 0 Å². The molecule has 0 saturated carbocycles. The third-order valence-corrected chi connectivity index (χ3v) is 4.19. The monoisotopic (exact) mass is 342 g/mol. The maximum absolute atomic E-state index is 2.39. The molecule has 0 aromatic heterocycles. The number of rotatable bonds is 2. The van der Waals surface area contributed by atoms with Crippen LogP contribution in [0.4, 0.5) is 0 Å². The van der Waals surface area contributed by atoms with Gasteiger partial charge in [0, 0.05) is 0 Å². The van der Waals surface area contributed by atoms with Crippen molar-refractivity contribution in [2.75, 3.05) is 0 Å². The van der Waals surface area contributed by atoms with Crippen molar-refractivity contribution in [3.05, 3.63) is 89.5 Å². The van der Waals surface area contributed by atoms with Gasteiger partial charge >= 0.3 is 17.1 Å². The summed E-state index contributed by atoms with van der Waals surface area (Å²) in [5.41, 5.74) is 7.18. The molecule has 0 unspecified atom stereocenters. The molecule has 1 aliphatic carbocycles. The molecule has 0 saturated heterocycles. The fourth-order valence-corrected chi connectivity index (χ4v) is 2.89. The van der Waals surface area contributed by atoms with Gasteiger partial charge in [-0.2, -0.15) is 30.3 Å². The number of fused-ring (bicyclic) bond motifs is 1. The van der Waals surface area contributed by atoms with E-state index in [9.17, 15) is 0 Å². The van der Waals surface area contributed by atoms with Crippen LogP contribution in [-0.2, 0) is 23.5 Å². The Balaban J connectivity index is 0.000000276. The average Bonchev–Trinajstić information content (AvgIpc) is 3.26. The second-order valence-corrected chi connectivity index (χ2v) is 6.06. The predicted octanol–water partition coefficient (Wildman–Crippen LogP) is 6.07. The number of benzene rings is 1. The maximum atomic E-state index is 2.39. The Morgan fingerprint density at radius 3 is 2.22 bits per heavy atom. The van der Waals surface area contributed by atoms with Crippen LogP contribution >= 0.6 is 0 Å². The van der Waals surface area contributed by atoms with Crippen LogP contribution in [0, 0.1) is 5.92 Å². The minimum Gasteiger partial charge on any atom is -0.214 e. The zero-order valence-corrected chi connectivity index (χ0v) is 14.7. The Hall–Kier alpha value is -1.82. The minimum absolute atomic E-state index is 0. The quantitative estimate of drug-likeness (QED) is 0.392. The zero-order valence-electron chi connectivity index (χ0n) is 13.6. The standard InChI is InChI=1S/C17H17.C5H5.Fe/c1-12(2)15-10-14-8-5-9-16(17(14)11-15)13-6-3-4-7-13;1-2-4-5-3-1;/h3-9,11-12H,10H2,1-2H3;1-5H;/q2*-1;+2. The average molecular weight is 342 g/mol. The predicted molar refractivity (Wildman–Crippen MR) is 96.0 cm³/mol. The maximum Gasteiger partial charge on any atom is 2.00 e. The van der Waals surface area contributed by atoms with E-state index in [2.05, 4.69) is 62.4 Å². The van der Waals surface area contributed by atoms with E-state index >= 15 is 0 Å². The SMILES string of the molecule is CC(C)C1=Cc2c(cccc2-[c-]2cccc2)C1.[Fe+2].c1cc[cH-]c1. The van der Waals surface area contributed by atoms with Gasteiger partial charge in [-0.05, 0) is 12.3 Å². The van der Waals surface area contributed by atoms with Crippen molar-refractivity contribution in [2.24, 2.45) is 5.92 Å². The van der Waals surface area contributed by atoms with Gasteiger partial charge in [-0.15, -0.1) is 23.8 Å². The first kappa shape index (κ1) is 17.5. The van der Waals surface area contributed by atoms with Crippen LogP contribution in [0.15, 0.2) is 78.4 Å². The van der Waals surface area contributed by atoms with Crippen LogP contribution in [0.1, 0.15) is 25.0 Å². The van der Waals surface area contributed by atoms with Crippen molar-refractivity contribution in [1.82, 2.24) is 0 Å². The van der Waals surface area contributed by atoms with E-state index in [-0.39, 0.29) is 17.1 Å². The Bertz CT molecular complexity index is 711. The summed E-state index contributed by atoms with van der Waals surface area (Å²) in [6, 6.07) is 25.3. The van der Waals surface area contributed by atoms with E-state index in [0.29, 0.717) is 5.92 Å². The molecule has 0 fully saturated rings. The summed E-state index contributed by atoms with van der Waals surface area (Å²) >= 11 is 0. The molecule has 3 aromatic carbocycles. The Morgan fingerprint density at radius 1 is 0.957 bits per heavy atom. The molecular formula is C22H22Fe. The first-order valence-electron chi connectivity index (χ1n) is 7.97. The molecule has 0 amide bonds. The fraction of sp³-hybridized carbons (Fsp3) is 0.182. The van der Waals surface area contributed by atoms with Crippen molar-refractivity contribution >= 4 is 6.08 Å². The van der Waals surface area contributed by atoms with Crippen LogP contribution < -0.4 is 0 Å². The van der Waals surface area contributed by atoms with E-state index in [1.54, 1.807) is 5.57 Å². The second-order valence-electron chi connectivity index (χ2n) is 6.06. The van der Waals surface area contributed by atoms with Crippen molar-refractivity contribution in [3.8, 4) is 11.1 Å². The summed E-state index contributed by atoms with van der Waals surface area (Å²) in [4.78, 5) is 0. The first-order chi connectivity index (χ1) is 10.8. The summed E-state index contributed by atoms with van der Waals surface area (Å²) < 4.78 is 0. The van der Waals surface area contributed by atoms with Gasteiger partial charge in [0.15, 0.2) is 0 Å². The van der Waals surface area contributed by atoms with Crippen molar-refractivity contribution in [1.29, 1.82) is 0 Å². The summed E-state index contributed by atoms with van der Waals surface area (Å²) in [6.45, 7) is 4.56. The van der Waals surface area contributed by atoms with Gasteiger partial charge in [0.1, 0.15) is 0 Å². The molecule has 1 aliphatic rings. The van der Waals surface area contributed by atoms with Crippen molar-refractivity contribution in [2.45, 2.75) is 20.3 Å². The Kier molecular flexibility index (Phi) is 6.21. The van der Waals surface area contributed by atoms with E-state index in [0.717, 1.165) is 6.42 Å². The fourth-order valence-electron chi connectivity index (χ4n) is 2.89. The number of hydrogen-bond donors (Lipinski definition) is 0. The van der Waals surface area contributed by atoms with Crippen LogP contribution in [0.3, 0.4) is 0 Å². The largest absolute Gasteiger partial charge is 2.00 e. The summed E-state index contributed by atoms with van der Waals surface area (Å²) in [5.74, 6) is 0.648. The normalized spacial score (nSPS) is 12.0. The summed E-state index contributed by atoms with van der Waals surface area (Å²) in [6.07, 6.45) is 3.52. The van der Waals surface area contributed by atoms with Gasteiger partial charge in [-0.3, -0.25) is 0 Å². The van der Waals surface area contributed by atoms with Gasteiger partial charge < -0.3 is 0 Å². The van der Waals surface area contributed by atoms with Crippen LogP contribution in [0.25, 0.3) is 17.2 Å². The van der Waals surface area contributed by atoms with Gasteiger partial charge in [0.25, 0.3) is 0 Å². The van der Waals surface area contributed by atoms with Crippen LogP contribution in [-0.4, -0.2) is 0 Å². The van der Waals surface area contributed by atoms with Crippen molar-refractivity contribution in [3.63, 3.8) is 0 Å². The second kappa shape index (κ2) is 8.15. The molecule has 3 aromatic rings. The van der Waals surface area contributed by atoms with E-state index in [1.165, 1.54) is 22.3 Å². The Labute approximate surface area is 150 Å². The van der Waals surface area contributed by atoms with E-state index in [1.807, 2.05) is 30.3 Å². The number of hydrogen-bond acceptors (Lipinski definition) is 0. The van der Waals surface area contributed by atoms with Crippen LogP contribution in [0.2, 0.25) is 0 Å². The summed E-state index contributed by atoms with van der Waals surface area (Å²) in [5, 5.41) is 0. The molecule has 0 bridgehead atoms. The molecule has 0 radical (unpaired) electrons. The summed E-state index contributed by atoms with van der Waals surface area (Å²) in [7, 11) is 0. The molecule has 1 heteroatoms. The molecule has 118 valence electrons. The zero-order chi connectivity index (χ0) is 15.4. The topological polar surface area (TPSA) is 0 Å². The molecule has 0 heterocycles. The van der Waals surface area contributed by atoms with Crippen molar-refractivity contribution < 1.29 is 17.1 Å². The van der Waals surface area contributed by atoms with E-state index in [4.69, 9.17) is 0 Å². The Morgan fingerprint density at radius 2 is 1.65 bits per heavy atom. The minimum atomic E-state index is 0. The van der Waals surface area contributed by atoms with Gasteiger partial charge in [0.05, 0.1) is 0 Å². The molecule has 0 spiro atoms. The van der Waals surface area contributed by atoms with E-state index < -0.39 is 0 Å². The van der Waals surface area contributed by atoms with Gasteiger partial charge in [-0.25, -0.2) is 12.1 Å². The van der Waals surface area contributed by atoms with Gasteiger partial charge in [0.2, 0.25) is 0 Å². The third kappa shape index (κ3) is 4.13. The molecule has 0 N–H and O–H groups in total. The smallest absolute Gasteiger partial charge is 0.214 e. The van der Waals surface area contributed by atoms with Gasteiger partial charge in [-0.1, -0.05) is 54.3 Å². The first-order valence-corrected chi connectivity index (χ1v) is 7.97. The molecule has 0 aliphatic heterocycles.